The molecule has 0 saturated carbocycles. The van der Waals surface area contributed by atoms with Crippen LogP contribution >= 0.6 is 0 Å². The highest BCUT2D eigenvalue weighted by Crippen LogP contribution is 2.42. The summed E-state index contributed by atoms with van der Waals surface area (Å²) in [5.74, 6) is 0. The predicted octanol–water partition coefficient (Wildman–Crippen LogP) is 5.90. The van der Waals surface area contributed by atoms with Gasteiger partial charge in [-0.3, -0.25) is 0 Å². The first-order valence-corrected chi connectivity index (χ1v) is 9.07. The van der Waals surface area contributed by atoms with Crippen molar-refractivity contribution in [2.24, 2.45) is 5.41 Å². The van der Waals surface area contributed by atoms with E-state index in [9.17, 15) is 0 Å². The van der Waals surface area contributed by atoms with Crippen molar-refractivity contribution in [2.75, 3.05) is 0 Å². The second kappa shape index (κ2) is 6.00. The van der Waals surface area contributed by atoms with E-state index in [4.69, 9.17) is 9.31 Å². The molecule has 25 heavy (non-hydrogen) atoms. The lowest BCUT2D eigenvalue weighted by atomic mass is 9.70. The molecule has 1 aliphatic heterocycles. The van der Waals surface area contributed by atoms with E-state index in [1.807, 2.05) is 0 Å². The fourth-order valence-electron chi connectivity index (χ4n) is 3.19. The van der Waals surface area contributed by atoms with Gasteiger partial charge in [0.1, 0.15) is 0 Å². The van der Waals surface area contributed by atoms with Crippen LogP contribution < -0.4 is 0 Å². The third kappa shape index (κ3) is 3.54. The highest BCUT2D eigenvalue weighted by atomic mass is 16.7. The monoisotopic (exact) mass is 336 g/mol. The second-order valence-electron chi connectivity index (χ2n) is 9.08. The molecule has 0 radical (unpaired) electrons. The third-order valence-electron chi connectivity index (χ3n) is 5.20. The summed E-state index contributed by atoms with van der Waals surface area (Å²) in [4.78, 5) is 0. The van der Waals surface area contributed by atoms with Gasteiger partial charge in [0.05, 0.1) is 11.2 Å². The minimum absolute atomic E-state index is 0.0237. The van der Waals surface area contributed by atoms with Crippen molar-refractivity contribution < 1.29 is 9.31 Å². The topological polar surface area (TPSA) is 18.5 Å². The van der Waals surface area contributed by atoms with Crippen molar-refractivity contribution in [2.45, 2.75) is 59.7 Å². The number of rotatable bonds is 2. The maximum Gasteiger partial charge on any atom is 0.495 e. The molecule has 0 atom stereocenters. The summed E-state index contributed by atoms with van der Waals surface area (Å²) >= 11 is 0. The Kier molecular flexibility index (Phi) is 4.37. The molecule has 3 heteroatoms. The average molecular weight is 336 g/mol. The molecule has 0 amide bonds. The first kappa shape index (κ1) is 18.2. The molecule has 0 N–H and O–H groups in total. The number of benzene rings is 2. The predicted molar refractivity (Wildman–Crippen MR) is 107 cm³/mol. The SMILES string of the molecule is CC(C)(C)/C=C(/B1OC(C)(C)C(C)(C)O1)c1cccc2ccccc12. The van der Waals surface area contributed by atoms with Crippen LogP contribution in [-0.2, 0) is 9.31 Å². The van der Waals surface area contributed by atoms with Crippen molar-refractivity contribution in [3.05, 3.63) is 54.1 Å². The summed E-state index contributed by atoms with van der Waals surface area (Å²) in [5.41, 5.74) is 1.63. The van der Waals surface area contributed by atoms with Crippen molar-refractivity contribution >= 4 is 23.4 Å². The smallest absolute Gasteiger partial charge is 0.399 e. The largest absolute Gasteiger partial charge is 0.495 e. The number of hydrogen-bond acceptors (Lipinski definition) is 2. The Morgan fingerprint density at radius 3 is 2.04 bits per heavy atom. The Hall–Kier alpha value is -1.58. The van der Waals surface area contributed by atoms with E-state index in [2.05, 4.69) is 97.0 Å². The fourth-order valence-corrected chi connectivity index (χ4v) is 3.19. The molecule has 0 bridgehead atoms. The van der Waals surface area contributed by atoms with Gasteiger partial charge in [-0.25, -0.2) is 0 Å². The van der Waals surface area contributed by atoms with Gasteiger partial charge in [0.15, 0.2) is 0 Å². The molecule has 3 rings (SSSR count). The summed E-state index contributed by atoms with van der Waals surface area (Å²) in [5, 5.41) is 2.46. The van der Waals surface area contributed by atoms with Gasteiger partial charge >= 0.3 is 7.12 Å². The van der Waals surface area contributed by atoms with E-state index in [1.54, 1.807) is 0 Å². The number of allylic oxidation sites excluding steroid dienone is 1. The van der Waals surface area contributed by atoms with Crippen LogP contribution in [0, 0.1) is 5.41 Å². The van der Waals surface area contributed by atoms with E-state index >= 15 is 0 Å². The summed E-state index contributed by atoms with van der Waals surface area (Å²) in [6.07, 6.45) is 2.29. The molecule has 1 aliphatic rings. The van der Waals surface area contributed by atoms with Crippen molar-refractivity contribution in [1.82, 2.24) is 0 Å². The highest BCUT2D eigenvalue weighted by Gasteiger charge is 2.52. The molecular formula is C22H29BO2. The van der Waals surface area contributed by atoms with Gasteiger partial charge in [-0.05, 0) is 54.9 Å². The van der Waals surface area contributed by atoms with E-state index < -0.39 is 0 Å². The van der Waals surface area contributed by atoms with Crippen LogP contribution in [0.4, 0.5) is 0 Å². The van der Waals surface area contributed by atoms with Crippen LogP contribution in [-0.4, -0.2) is 18.3 Å². The minimum atomic E-state index is -0.366. The third-order valence-corrected chi connectivity index (χ3v) is 5.20. The maximum atomic E-state index is 6.38. The molecule has 0 aromatic heterocycles. The van der Waals surface area contributed by atoms with Gasteiger partial charge in [0, 0.05) is 0 Å². The van der Waals surface area contributed by atoms with E-state index in [0.717, 1.165) is 5.47 Å². The van der Waals surface area contributed by atoms with E-state index in [0.29, 0.717) is 0 Å². The molecule has 2 nitrogen and oxygen atoms in total. The van der Waals surface area contributed by atoms with Crippen LogP contribution in [0.5, 0.6) is 0 Å². The quantitative estimate of drug-likeness (QED) is 0.636. The van der Waals surface area contributed by atoms with Crippen molar-refractivity contribution in [3.8, 4) is 0 Å². The summed E-state index contributed by atoms with van der Waals surface area (Å²) in [7, 11) is -0.366. The van der Waals surface area contributed by atoms with Crippen LogP contribution in [0.25, 0.3) is 16.2 Å². The van der Waals surface area contributed by atoms with Gasteiger partial charge in [0.25, 0.3) is 0 Å². The molecule has 0 aliphatic carbocycles. The molecule has 1 heterocycles. The standard InChI is InChI=1S/C22H29BO2/c1-20(2,3)15-19(23-24-21(4,5)22(6,7)25-23)18-14-10-12-16-11-8-9-13-17(16)18/h8-15H,1-7H3/b19-15+. The highest BCUT2D eigenvalue weighted by molar-refractivity contribution is 6.69. The molecule has 1 saturated heterocycles. The summed E-state index contributed by atoms with van der Waals surface area (Å²) in [6.45, 7) is 15.0. The fraction of sp³-hybridized carbons (Fsp3) is 0.455. The van der Waals surface area contributed by atoms with Crippen LogP contribution in [0.2, 0.25) is 0 Å². The molecule has 1 fully saturated rings. The lowest BCUT2D eigenvalue weighted by Gasteiger charge is -2.32. The Bertz CT molecular complexity index is 791. The Labute approximate surface area is 152 Å². The number of fused-ring (bicyclic) bond motifs is 1. The van der Waals surface area contributed by atoms with E-state index in [-0.39, 0.29) is 23.7 Å². The molecule has 2 aromatic carbocycles. The molecule has 2 aromatic rings. The second-order valence-corrected chi connectivity index (χ2v) is 9.08. The van der Waals surface area contributed by atoms with Gasteiger partial charge in [-0.15, -0.1) is 0 Å². The molecule has 0 spiro atoms. The first-order chi connectivity index (χ1) is 11.5. The van der Waals surface area contributed by atoms with Crippen LogP contribution in [0.15, 0.2) is 48.5 Å². The average Bonchev–Trinajstić information content (AvgIpc) is 2.71. The zero-order valence-corrected chi connectivity index (χ0v) is 16.5. The molecule has 132 valence electrons. The van der Waals surface area contributed by atoms with Crippen molar-refractivity contribution in [1.29, 1.82) is 0 Å². The lowest BCUT2D eigenvalue weighted by molar-refractivity contribution is 0.00578. The maximum absolute atomic E-state index is 6.38. The van der Waals surface area contributed by atoms with Gasteiger partial charge in [0.2, 0.25) is 0 Å². The van der Waals surface area contributed by atoms with Crippen LogP contribution in [0.1, 0.15) is 54.0 Å². The van der Waals surface area contributed by atoms with Gasteiger partial charge in [-0.2, -0.15) is 0 Å². The molecular weight excluding hydrogens is 307 g/mol. The Balaban J connectivity index is 2.16. The van der Waals surface area contributed by atoms with Gasteiger partial charge < -0.3 is 9.31 Å². The Morgan fingerprint density at radius 2 is 1.44 bits per heavy atom. The zero-order chi connectivity index (χ0) is 18.5. The normalized spacial score (nSPS) is 20.3. The minimum Gasteiger partial charge on any atom is -0.399 e. The van der Waals surface area contributed by atoms with Crippen molar-refractivity contribution in [3.63, 3.8) is 0 Å². The Morgan fingerprint density at radius 1 is 0.880 bits per heavy atom. The zero-order valence-electron chi connectivity index (χ0n) is 16.5. The summed E-state index contributed by atoms with van der Waals surface area (Å²) < 4.78 is 12.8. The van der Waals surface area contributed by atoms with Crippen LogP contribution in [0.3, 0.4) is 0 Å². The lowest BCUT2D eigenvalue weighted by Crippen LogP contribution is -2.41. The first-order valence-electron chi connectivity index (χ1n) is 9.07. The van der Waals surface area contributed by atoms with E-state index in [1.165, 1.54) is 16.3 Å². The van der Waals surface area contributed by atoms with Gasteiger partial charge in [-0.1, -0.05) is 69.3 Å². The summed E-state index contributed by atoms with van der Waals surface area (Å²) in [6, 6.07) is 14.9. The number of hydrogen-bond donors (Lipinski definition) is 0. The molecule has 0 unspecified atom stereocenters.